The van der Waals surface area contributed by atoms with Crippen LogP contribution in [0.2, 0.25) is 0 Å². The van der Waals surface area contributed by atoms with Crippen LogP contribution in [0.25, 0.3) is 0 Å². The van der Waals surface area contributed by atoms with Crippen LogP contribution in [0.4, 0.5) is 0 Å². The number of unbranched alkanes of at least 4 members (excludes halogenated alkanes) is 1. The first-order valence-corrected chi connectivity index (χ1v) is 4.18. The molecule has 0 amide bonds. The second-order valence-electron chi connectivity index (χ2n) is 2.14. The van der Waals surface area contributed by atoms with Crippen LogP contribution in [0.5, 0.6) is 0 Å². The van der Waals surface area contributed by atoms with Crippen molar-refractivity contribution in [3.05, 3.63) is 5.75 Å². The van der Waals surface area contributed by atoms with Crippen molar-refractivity contribution >= 4 is 11.8 Å². The van der Waals surface area contributed by atoms with Gasteiger partial charge < -0.3 is 0 Å². The van der Waals surface area contributed by atoms with Crippen molar-refractivity contribution in [1.82, 2.24) is 0 Å². The van der Waals surface area contributed by atoms with E-state index in [0.29, 0.717) is 0 Å². The molecule has 0 aliphatic carbocycles. The molecule has 8 heavy (non-hydrogen) atoms. The fourth-order valence-corrected chi connectivity index (χ4v) is 1.14. The summed E-state index contributed by atoms with van der Waals surface area (Å²) >= 11 is 1.93. The van der Waals surface area contributed by atoms with E-state index >= 15 is 0 Å². The second-order valence-corrected chi connectivity index (χ2v) is 3.69. The van der Waals surface area contributed by atoms with Gasteiger partial charge in [0.25, 0.3) is 0 Å². The van der Waals surface area contributed by atoms with Gasteiger partial charge in [-0.05, 0) is 11.7 Å². The fourth-order valence-electron chi connectivity index (χ4n) is 0.378. The summed E-state index contributed by atoms with van der Waals surface area (Å²) in [5, 5.41) is 0.765. The van der Waals surface area contributed by atoms with Crippen molar-refractivity contribution in [2.24, 2.45) is 0 Å². The van der Waals surface area contributed by atoms with E-state index in [1.165, 1.54) is 12.8 Å². The Morgan fingerprint density at radius 3 is 2.50 bits per heavy atom. The highest BCUT2D eigenvalue weighted by molar-refractivity contribution is 8.01. The normalized spacial score (nSPS) is 10.5. The largest absolute Gasteiger partial charge is 0.155 e. The molecule has 0 atom stereocenters. The van der Waals surface area contributed by atoms with Crippen molar-refractivity contribution in [1.29, 1.82) is 0 Å². The Kier molecular flexibility index (Phi) is 5.73. The maximum absolute atomic E-state index is 2.30. The van der Waals surface area contributed by atoms with Crippen LogP contribution in [0.3, 0.4) is 0 Å². The van der Waals surface area contributed by atoms with Crippen molar-refractivity contribution in [2.75, 3.05) is 0 Å². The quantitative estimate of drug-likeness (QED) is 0.528. The van der Waals surface area contributed by atoms with Crippen LogP contribution >= 0.6 is 11.8 Å². The molecule has 0 heterocycles. The average Bonchev–Trinajstić information content (AvgIpc) is 1.66. The van der Waals surface area contributed by atoms with Gasteiger partial charge in [-0.1, -0.05) is 27.2 Å². The highest BCUT2D eigenvalue weighted by atomic mass is 32.2. The van der Waals surface area contributed by atoms with E-state index in [2.05, 4.69) is 26.5 Å². The van der Waals surface area contributed by atoms with E-state index < -0.39 is 0 Å². The Hall–Kier alpha value is 0.350. The summed E-state index contributed by atoms with van der Waals surface area (Å²) < 4.78 is 0. The predicted molar refractivity (Wildman–Crippen MR) is 41.9 cm³/mol. The first-order chi connectivity index (χ1) is 3.77. The molecular formula is C7H15S. The lowest BCUT2D eigenvalue weighted by Crippen LogP contribution is -1.83. The maximum atomic E-state index is 2.30. The molecule has 0 saturated heterocycles. The molecule has 0 fully saturated rings. The van der Waals surface area contributed by atoms with Gasteiger partial charge in [0.05, 0.1) is 0 Å². The van der Waals surface area contributed by atoms with Gasteiger partial charge in [-0.15, -0.1) is 0 Å². The van der Waals surface area contributed by atoms with Gasteiger partial charge in [0.15, 0.2) is 0 Å². The zero-order valence-corrected chi connectivity index (χ0v) is 6.79. The van der Waals surface area contributed by atoms with Crippen molar-refractivity contribution in [3.8, 4) is 0 Å². The van der Waals surface area contributed by atoms with Crippen molar-refractivity contribution < 1.29 is 0 Å². The SMILES string of the molecule is CCC[CH]SC(C)C. The first-order valence-electron chi connectivity index (χ1n) is 3.24. The molecule has 0 rings (SSSR count). The molecule has 1 heteroatoms. The van der Waals surface area contributed by atoms with Gasteiger partial charge >= 0.3 is 0 Å². The van der Waals surface area contributed by atoms with Crippen LogP contribution in [0.15, 0.2) is 0 Å². The molecule has 0 aromatic rings. The summed E-state index contributed by atoms with van der Waals surface area (Å²) in [4.78, 5) is 0. The third kappa shape index (κ3) is 6.35. The van der Waals surface area contributed by atoms with E-state index in [9.17, 15) is 0 Å². The van der Waals surface area contributed by atoms with Gasteiger partial charge in [0, 0.05) is 5.75 Å². The molecule has 0 saturated carbocycles. The summed E-state index contributed by atoms with van der Waals surface area (Å²) in [5.41, 5.74) is 0. The molecule has 0 aromatic carbocycles. The van der Waals surface area contributed by atoms with E-state index in [-0.39, 0.29) is 0 Å². The molecule has 0 aliphatic rings. The lowest BCUT2D eigenvalue weighted by Gasteiger charge is -2.00. The predicted octanol–water partition coefficient (Wildman–Crippen LogP) is 3.09. The van der Waals surface area contributed by atoms with Crippen LogP contribution in [0, 0.1) is 5.75 Å². The minimum atomic E-state index is 0.765. The summed E-state index contributed by atoms with van der Waals surface area (Å²) in [5.74, 6) is 2.30. The Bertz CT molecular complexity index is 41.7. The Morgan fingerprint density at radius 2 is 2.12 bits per heavy atom. The summed E-state index contributed by atoms with van der Waals surface area (Å²) in [7, 11) is 0. The second kappa shape index (κ2) is 5.49. The molecule has 0 unspecified atom stereocenters. The standard InChI is InChI=1S/C7H15S/c1-4-5-6-8-7(2)3/h6-7H,4-5H2,1-3H3. The summed E-state index contributed by atoms with van der Waals surface area (Å²) in [6, 6.07) is 0. The molecule has 0 bridgehead atoms. The van der Waals surface area contributed by atoms with E-state index in [1.54, 1.807) is 0 Å². The average molecular weight is 131 g/mol. The first kappa shape index (κ1) is 8.35. The molecule has 0 aromatic heterocycles. The molecule has 0 aliphatic heterocycles. The minimum Gasteiger partial charge on any atom is -0.155 e. The fraction of sp³-hybridized carbons (Fsp3) is 0.857. The summed E-state index contributed by atoms with van der Waals surface area (Å²) in [6.07, 6.45) is 2.53. The van der Waals surface area contributed by atoms with Crippen LogP contribution in [0.1, 0.15) is 33.6 Å². The number of thioether (sulfide) groups is 1. The van der Waals surface area contributed by atoms with Crippen molar-refractivity contribution in [3.63, 3.8) is 0 Å². The smallest absolute Gasteiger partial charge is 0.0169 e. The lowest BCUT2D eigenvalue weighted by molar-refractivity contribution is 0.941. The van der Waals surface area contributed by atoms with Gasteiger partial charge in [-0.3, -0.25) is 0 Å². The maximum Gasteiger partial charge on any atom is 0.0169 e. The number of hydrogen-bond acceptors (Lipinski definition) is 1. The van der Waals surface area contributed by atoms with Crippen LogP contribution < -0.4 is 0 Å². The van der Waals surface area contributed by atoms with E-state index in [4.69, 9.17) is 0 Å². The molecule has 0 nitrogen and oxygen atoms in total. The minimum absolute atomic E-state index is 0.765. The van der Waals surface area contributed by atoms with E-state index in [1.807, 2.05) is 11.8 Å². The van der Waals surface area contributed by atoms with Gasteiger partial charge in [0.1, 0.15) is 0 Å². The zero-order valence-electron chi connectivity index (χ0n) is 5.98. The van der Waals surface area contributed by atoms with Gasteiger partial charge in [-0.2, -0.15) is 11.8 Å². The van der Waals surface area contributed by atoms with Gasteiger partial charge in [-0.25, -0.2) is 0 Å². The molecule has 0 N–H and O–H groups in total. The highest BCUT2D eigenvalue weighted by Crippen LogP contribution is 2.15. The highest BCUT2D eigenvalue weighted by Gasteiger charge is 1.91. The molecule has 0 spiro atoms. The molecular weight excluding hydrogens is 116 g/mol. The third-order valence-electron chi connectivity index (χ3n) is 0.775. The van der Waals surface area contributed by atoms with Crippen LogP contribution in [-0.4, -0.2) is 5.25 Å². The topological polar surface area (TPSA) is 0 Å². The van der Waals surface area contributed by atoms with E-state index in [0.717, 1.165) is 5.25 Å². The third-order valence-corrected chi connectivity index (χ3v) is 1.75. The van der Waals surface area contributed by atoms with Crippen molar-refractivity contribution in [2.45, 2.75) is 38.9 Å². The Balaban J connectivity index is 2.72. The summed E-state index contributed by atoms with van der Waals surface area (Å²) in [6.45, 7) is 6.64. The number of hydrogen-bond donors (Lipinski definition) is 0. The lowest BCUT2D eigenvalue weighted by atomic mass is 10.4. The number of rotatable bonds is 4. The zero-order chi connectivity index (χ0) is 6.41. The molecule has 49 valence electrons. The van der Waals surface area contributed by atoms with Crippen LogP contribution in [-0.2, 0) is 0 Å². The van der Waals surface area contributed by atoms with Gasteiger partial charge in [0.2, 0.25) is 0 Å². The monoisotopic (exact) mass is 131 g/mol. The molecule has 1 radical (unpaired) electrons. The Morgan fingerprint density at radius 1 is 1.50 bits per heavy atom. The Labute approximate surface area is 57.1 Å².